The van der Waals surface area contributed by atoms with Gasteiger partial charge in [-0.25, -0.2) is 0 Å². The third-order valence-electron chi connectivity index (χ3n) is 1.51. The van der Waals surface area contributed by atoms with Crippen molar-refractivity contribution in [3.05, 3.63) is 28.5 Å². The summed E-state index contributed by atoms with van der Waals surface area (Å²) >= 11 is 11.4. The van der Waals surface area contributed by atoms with Gasteiger partial charge in [0.05, 0.1) is 5.02 Å². The molecule has 1 heterocycles. The van der Waals surface area contributed by atoms with E-state index in [1.807, 2.05) is 13.0 Å². The molecule has 0 aliphatic heterocycles. The lowest BCUT2D eigenvalue weighted by Gasteiger charge is -2.02. The van der Waals surface area contributed by atoms with Crippen LogP contribution in [-0.4, -0.2) is 4.98 Å². The van der Waals surface area contributed by atoms with E-state index in [9.17, 15) is 0 Å². The van der Waals surface area contributed by atoms with Gasteiger partial charge in [0.15, 0.2) is 0 Å². The van der Waals surface area contributed by atoms with Gasteiger partial charge in [-0.2, -0.15) is 0 Å². The first-order valence-corrected chi connectivity index (χ1v) is 4.38. The Bertz CT molecular complexity index is 248. The maximum Gasteiger partial charge on any atom is 0.0592 e. The van der Waals surface area contributed by atoms with Gasteiger partial charge in [-0.15, -0.1) is 11.6 Å². The third kappa shape index (κ3) is 2.08. The Morgan fingerprint density at radius 2 is 2.27 bits per heavy atom. The van der Waals surface area contributed by atoms with E-state index in [1.54, 1.807) is 6.20 Å². The second kappa shape index (κ2) is 3.93. The number of alkyl halides is 1. The second-order valence-electron chi connectivity index (χ2n) is 2.25. The summed E-state index contributed by atoms with van der Waals surface area (Å²) in [6, 6.07) is 1.86. The summed E-state index contributed by atoms with van der Waals surface area (Å²) in [5, 5.41) is 0.651. The largest absolute Gasteiger partial charge is 0.259 e. The van der Waals surface area contributed by atoms with Crippen LogP contribution in [0.2, 0.25) is 5.02 Å². The Hall–Kier alpha value is -0.270. The Labute approximate surface area is 76.4 Å². The fourth-order valence-corrected chi connectivity index (χ4v) is 1.36. The van der Waals surface area contributed by atoms with Gasteiger partial charge < -0.3 is 0 Å². The molecule has 0 saturated carbocycles. The Kier molecular flexibility index (Phi) is 3.16. The van der Waals surface area contributed by atoms with Crippen LogP contribution in [-0.2, 0) is 12.3 Å². The first-order valence-electron chi connectivity index (χ1n) is 3.47. The smallest absolute Gasteiger partial charge is 0.0592 e. The number of aromatic nitrogens is 1. The normalized spacial score (nSPS) is 10.1. The van der Waals surface area contributed by atoms with Crippen LogP contribution < -0.4 is 0 Å². The zero-order chi connectivity index (χ0) is 8.27. The van der Waals surface area contributed by atoms with Crippen LogP contribution in [0.4, 0.5) is 0 Å². The van der Waals surface area contributed by atoms with Crippen LogP contribution in [0.1, 0.15) is 18.2 Å². The standard InChI is InChI=1S/C8H9Cl2N/c1-2-8-6(4-9)3-7(10)5-11-8/h3,5H,2,4H2,1H3. The fourth-order valence-electron chi connectivity index (χ4n) is 0.944. The molecule has 0 N–H and O–H groups in total. The predicted octanol–water partition coefficient (Wildman–Crippen LogP) is 3.04. The monoisotopic (exact) mass is 189 g/mol. The molecule has 0 atom stereocenters. The van der Waals surface area contributed by atoms with Crippen molar-refractivity contribution in [2.24, 2.45) is 0 Å². The van der Waals surface area contributed by atoms with Crippen LogP contribution in [0.5, 0.6) is 0 Å². The van der Waals surface area contributed by atoms with Gasteiger partial charge in [-0.1, -0.05) is 18.5 Å². The van der Waals surface area contributed by atoms with Gasteiger partial charge in [0.2, 0.25) is 0 Å². The molecule has 1 aromatic heterocycles. The van der Waals surface area contributed by atoms with E-state index in [2.05, 4.69) is 4.98 Å². The maximum atomic E-state index is 5.73. The molecule has 0 aliphatic rings. The topological polar surface area (TPSA) is 12.9 Å². The van der Waals surface area contributed by atoms with E-state index < -0.39 is 0 Å². The molecule has 3 heteroatoms. The van der Waals surface area contributed by atoms with Crippen LogP contribution in [0.15, 0.2) is 12.3 Å². The molecule has 60 valence electrons. The molecule has 1 aromatic rings. The average molecular weight is 190 g/mol. The minimum absolute atomic E-state index is 0.483. The molecule has 0 spiro atoms. The Morgan fingerprint density at radius 1 is 1.55 bits per heavy atom. The first kappa shape index (κ1) is 8.82. The average Bonchev–Trinajstić information content (AvgIpc) is 2.04. The van der Waals surface area contributed by atoms with Gasteiger partial charge in [0.1, 0.15) is 0 Å². The highest BCUT2D eigenvalue weighted by atomic mass is 35.5. The van der Waals surface area contributed by atoms with Crippen molar-refractivity contribution < 1.29 is 0 Å². The molecule has 0 unspecified atom stereocenters. The quantitative estimate of drug-likeness (QED) is 0.653. The van der Waals surface area contributed by atoms with Crippen molar-refractivity contribution >= 4 is 23.2 Å². The molecule has 11 heavy (non-hydrogen) atoms. The zero-order valence-electron chi connectivity index (χ0n) is 6.27. The number of pyridine rings is 1. The number of rotatable bonds is 2. The maximum absolute atomic E-state index is 5.73. The van der Waals surface area contributed by atoms with E-state index in [0.717, 1.165) is 17.7 Å². The summed E-state index contributed by atoms with van der Waals surface area (Å²) < 4.78 is 0. The number of hydrogen-bond donors (Lipinski definition) is 0. The SMILES string of the molecule is CCc1ncc(Cl)cc1CCl. The summed E-state index contributed by atoms with van der Waals surface area (Å²) in [5.41, 5.74) is 2.06. The molecule has 0 bridgehead atoms. The van der Waals surface area contributed by atoms with Crippen molar-refractivity contribution in [3.63, 3.8) is 0 Å². The van der Waals surface area contributed by atoms with E-state index in [1.165, 1.54) is 0 Å². The zero-order valence-corrected chi connectivity index (χ0v) is 7.78. The lowest BCUT2D eigenvalue weighted by molar-refractivity contribution is 1.00. The molecule has 0 aromatic carbocycles. The Balaban J connectivity index is 3.06. The number of aryl methyl sites for hydroxylation is 1. The van der Waals surface area contributed by atoms with Gasteiger partial charge >= 0.3 is 0 Å². The highest BCUT2D eigenvalue weighted by molar-refractivity contribution is 6.30. The lowest BCUT2D eigenvalue weighted by atomic mass is 10.2. The molecule has 0 fully saturated rings. The van der Waals surface area contributed by atoms with Crippen LogP contribution in [0.3, 0.4) is 0 Å². The molecule has 0 amide bonds. The highest BCUT2D eigenvalue weighted by Gasteiger charge is 2.00. The van der Waals surface area contributed by atoms with Crippen molar-refractivity contribution in [3.8, 4) is 0 Å². The third-order valence-corrected chi connectivity index (χ3v) is 2.00. The molecule has 1 rings (SSSR count). The van der Waals surface area contributed by atoms with E-state index in [-0.39, 0.29) is 0 Å². The molecular formula is C8H9Cl2N. The van der Waals surface area contributed by atoms with Crippen LogP contribution in [0, 0.1) is 0 Å². The summed E-state index contributed by atoms with van der Waals surface area (Å²) in [6.07, 6.45) is 2.55. The van der Waals surface area contributed by atoms with Gasteiger partial charge in [-0.3, -0.25) is 4.98 Å². The van der Waals surface area contributed by atoms with Gasteiger partial charge in [0.25, 0.3) is 0 Å². The second-order valence-corrected chi connectivity index (χ2v) is 2.95. The summed E-state index contributed by atoms with van der Waals surface area (Å²) in [4.78, 5) is 4.15. The number of nitrogens with zero attached hydrogens (tertiary/aromatic N) is 1. The van der Waals surface area contributed by atoms with Crippen molar-refractivity contribution in [2.45, 2.75) is 19.2 Å². The van der Waals surface area contributed by atoms with Crippen molar-refractivity contribution in [1.29, 1.82) is 0 Å². The van der Waals surface area contributed by atoms with E-state index in [0.29, 0.717) is 10.9 Å². The number of hydrogen-bond acceptors (Lipinski definition) is 1. The summed E-state index contributed by atoms with van der Waals surface area (Å²) in [7, 11) is 0. The highest BCUT2D eigenvalue weighted by Crippen LogP contribution is 2.15. The summed E-state index contributed by atoms with van der Waals surface area (Å²) in [6.45, 7) is 2.05. The molecule has 0 aliphatic carbocycles. The number of halogens is 2. The van der Waals surface area contributed by atoms with Crippen molar-refractivity contribution in [2.75, 3.05) is 0 Å². The van der Waals surface area contributed by atoms with E-state index >= 15 is 0 Å². The summed E-state index contributed by atoms with van der Waals surface area (Å²) in [5.74, 6) is 0.483. The van der Waals surface area contributed by atoms with E-state index in [4.69, 9.17) is 23.2 Å². The molecule has 0 radical (unpaired) electrons. The first-order chi connectivity index (χ1) is 5.27. The molecular weight excluding hydrogens is 181 g/mol. The minimum atomic E-state index is 0.483. The van der Waals surface area contributed by atoms with Crippen LogP contribution in [0.25, 0.3) is 0 Å². The Morgan fingerprint density at radius 3 is 2.82 bits per heavy atom. The lowest BCUT2D eigenvalue weighted by Crippen LogP contribution is -1.93. The molecule has 0 saturated heterocycles. The van der Waals surface area contributed by atoms with Gasteiger partial charge in [0, 0.05) is 17.8 Å². The predicted molar refractivity (Wildman–Crippen MR) is 48.2 cm³/mol. The van der Waals surface area contributed by atoms with Crippen LogP contribution >= 0.6 is 23.2 Å². The molecule has 1 nitrogen and oxygen atoms in total. The van der Waals surface area contributed by atoms with Crippen molar-refractivity contribution in [1.82, 2.24) is 4.98 Å². The fraction of sp³-hybridized carbons (Fsp3) is 0.375. The van der Waals surface area contributed by atoms with Gasteiger partial charge in [-0.05, 0) is 18.1 Å². The minimum Gasteiger partial charge on any atom is -0.259 e.